The van der Waals surface area contributed by atoms with Crippen LogP contribution in [-0.4, -0.2) is 34.0 Å². The van der Waals surface area contributed by atoms with Gasteiger partial charge in [-0.3, -0.25) is 4.79 Å². The Morgan fingerprint density at radius 1 is 1.11 bits per heavy atom. The summed E-state index contributed by atoms with van der Waals surface area (Å²) in [5.41, 5.74) is 2.22. The van der Waals surface area contributed by atoms with E-state index in [2.05, 4.69) is 20.7 Å². The number of aromatic nitrogens is 3. The molecule has 0 unspecified atom stereocenters. The third kappa shape index (κ3) is 4.84. The van der Waals surface area contributed by atoms with Crippen LogP contribution >= 0.6 is 0 Å². The maximum Gasteiger partial charge on any atom is 0.405 e. The lowest BCUT2D eigenvalue weighted by Crippen LogP contribution is -2.34. The molecule has 1 aromatic carbocycles. The largest absolute Gasteiger partial charge is 0.405 e. The van der Waals surface area contributed by atoms with E-state index in [1.165, 1.54) is 12.1 Å². The first-order valence-electron chi connectivity index (χ1n) is 8.26. The van der Waals surface area contributed by atoms with E-state index in [-0.39, 0.29) is 5.69 Å². The Bertz CT molecular complexity index is 940. The number of hydrogen-bond donors (Lipinski definition) is 2. The molecule has 2 heterocycles. The average Bonchev–Trinajstić information content (AvgIpc) is 3.05. The van der Waals surface area contributed by atoms with Gasteiger partial charge in [0.05, 0.1) is 0 Å². The van der Waals surface area contributed by atoms with Crippen molar-refractivity contribution in [2.75, 3.05) is 11.9 Å². The highest BCUT2D eigenvalue weighted by Gasteiger charge is 2.28. The molecule has 146 valence electrons. The second kappa shape index (κ2) is 8.07. The van der Waals surface area contributed by atoms with Crippen LogP contribution in [0.25, 0.3) is 11.3 Å². The van der Waals surface area contributed by atoms with E-state index in [9.17, 15) is 18.0 Å². The zero-order chi connectivity index (χ0) is 20.1. The van der Waals surface area contributed by atoms with Gasteiger partial charge in [-0.15, -0.1) is 10.2 Å². The molecule has 2 aromatic heterocycles. The van der Waals surface area contributed by atoms with Crippen molar-refractivity contribution in [2.45, 2.75) is 19.6 Å². The van der Waals surface area contributed by atoms with Crippen LogP contribution in [0.15, 0.2) is 47.0 Å². The second-order valence-corrected chi connectivity index (χ2v) is 5.89. The summed E-state index contributed by atoms with van der Waals surface area (Å²) in [5, 5.41) is 16.3. The molecule has 1 amide bonds. The number of nitrogens with one attached hydrogen (secondary N) is 2. The summed E-state index contributed by atoms with van der Waals surface area (Å²) in [7, 11) is 0. The number of halogens is 3. The van der Waals surface area contributed by atoms with Gasteiger partial charge in [-0.25, -0.2) is 0 Å². The number of rotatable bonds is 6. The fourth-order valence-electron chi connectivity index (χ4n) is 2.42. The third-order valence-corrected chi connectivity index (χ3v) is 3.82. The Morgan fingerprint density at radius 3 is 2.50 bits per heavy atom. The summed E-state index contributed by atoms with van der Waals surface area (Å²) in [6.07, 6.45) is -4.49. The average molecular weight is 391 g/mol. The maximum atomic E-state index is 12.1. The predicted octanol–water partition coefficient (Wildman–Crippen LogP) is 3.34. The quantitative estimate of drug-likeness (QED) is 0.670. The number of amides is 1. The Labute approximate surface area is 158 Å². The van der Waals surface area contributed by atoms with Crippen molar-refractivity contribution in [1.82, 2.24) is 20.7 Å². The SMILES string of the molecule is Cc1onc(-c2ccccc2)c1CNc1ccc(C(=O)NCC(F)(F)F)nn1. The summed E-state index contributed by atoms with van der Waals surface area (Å²) >= 11 is 0. The van der Waals surface area contributed by atoms with Gasteiger partial charge in [-0.05, 0) is 19.1 Å². The highest BCUT2D eigenvalue weighted by atomic mass is 19.4. The number of nitrogens with zero attached hydrogens (tertiary/aromatic N) is 3. The minimum atomic E-state index is -4.49. The van der Waals surface area contributed by atoms with E-state index in [4.69, 9.17) is 4.52 Å². The number of carbonyl (C=O) groups excluding carboxylic acids is 1. The number of alkyl halides is 3. The molecule has 0 saturated heterocycles. The van der Waals surface area contributed by atoms with Crippen LogP contribution in [0.1, 0.15) is 21.8 Å². The molecule has 3 aromatic rings. The second-order valence-electron chi connectivity index (χ2n) is 5.89. The van der Waals surface area contributed by atoms with Crippen molar-refractivity contribution < 1.29 is 22.5 Å². The third-order valence-electron chi connectivity index (χ3n) is 3.82. The van der Waals surface area contributed by atoms with Crippen molar-refractivity contribution in [3.63, 3.8) is 0 Å². The van der Waals surface area contributed by atoms with Crippen LogP contribution in [0.3, 0.4) is 0 Å². The molecule has 0 aliphatic heterocycles. The highest BCUT2D eigenvalue weighted by Crippen LogP contribution is 2.25. The lowest BCUT2D eigenvalue weighted by Gasteiger charge is -2.08. The number of hydrogen-bond acceptors (Lipinski definition) is 6. The molecule has 7 nitrogen and oxygen atoms in total. The Hall–Kier alpha value is -3.43. The Morgan fingerprint density at radius 2 is 1.86 bits per heavy atom. The van der Waals surface area contributed by atoms with E-state index in [1.54, 1.807) is 12.2 Å². The molecule has 0 bridgehead atoms. The van der Waals surface area contributed by atoms with Gasteiger partial charge in [0.1, 0.15) is 23.8 Å². The monoisotopic (exact) mass is 391 g/mol. The summed E-state index contributed by atoms with van der Waals surface area (Å²) in [5.74, 6) is 0.0482. The van der Waals surface area contributed by atoms with Gasteiger partial charge in [0.2, 0.25) is 0 Å². The van der Waals surface area contributed by atoms with E-state index < -0.39 is 18.6 Å². The van der Waals surface area contributed by atoms with Crippen LogP contribution in [0.5, 0.6) is 0 Å². The van der Waals surface area contributed by atoms with Crippen molar-refractivity contribution >= 4 is 11.7 Å². The van der Waals surface area contributed by atoms with Crippen molar-refractivity contribution in [2.24, 2.45) is 0 Å². The maximum absolute atomic E-state index is 12.1. The van der Waals surface area contributed by atoms with Gasteiger partial charge in [-0.2, -0.15) is 13.2 Å². The minimum Gasteiger partial charge on any atom is -0.364 e. The standard InChI is InChI=1S/C18H16F3N5O2/c1-11-13(16(26-28-11)12-5-3-2-4-6-12)9-22-15-8-7-14(24-25-15)17(27)23-10-18(19,20)21/h2-8H,9-10H2,1H3,(H,22,25)(H,23,27). The molecule has 0 aliphatic carbocycles. The van der Waals surface area contributed by atoms with E-state index in [1.807, 2.05) is 30.3 Å². The van der Waals surface area contributed by atoms with E-state index in [0.717, 1.165) is 11.1 Å². The molecule has 3 rings (SSSR count). The first kappa shape index (κ1) is 19.3. The van der Waals surface area contributed by atoms with Crippen LogP contribution in [0.2, 0.25) is 0 Å². The fourth-order valence-corrected chi connectivity index (χ4v) is 2.42. The van der Waals surface area contributed by atoms with Crippen molar-refractivity contribution in [3.8, 4) is 11.3 Å². The van der Waals surface area contributed by atoms with E-state index in [0.29, 0.717) is 23.8 Å². The Kier molecular flexibility index (Phi) is 5.57. The number of benzene rings is 1. The molecule has 0 fully saturated rings. The summed E-state index contributed by atoms with van der Waals surface area (Å²) in [6, 6.07) is 12.3. The van der Waals surface area contributed by atoms with Gasteiger partial charge < -0.3 is 15.2 Å². The highest BCUT2D eigenvalue weighted by molar-refractivity contribution is 5.92. The number of carbonyl (C=O) groups is 1. The van der Waals surface area contributed by atoms with Gasteiger partial charge in [-0.1, -0.05) is 35.5 Å². The summed E-state index contributed by atoms with van der Waals surface area (Å²) in [6.45, 7) is 0.701. The molecule has 0 radical (unpaired) electrons. The van der Waals surface area contributed by atoms with Crippen LogP contribution in [-0.2, 0) is 6.54 Å². The molecule has 28 heavy (non-hydrogen) atoms. The molecule has 0 spiro atoms. The van der Waals surface area contributed by atoms with E-state index >= 15 is 0 Å². The van der Waals surface area contributed by atoms with Gasteiger partial charge in [0.25, 0.3) is 5.91 Å². The van der Waals surface area contributed by atoms with Gasteiger partial charge >= 0.3 is 6.18 Å². The molecule has 10 heteroatoms. The Balaban J connectivity index is 1.65. The zero-order valence-corrected chi connectivity index (χ0v) is 14.7. The number of aryl methyl sites for hydroxylation is 1. The summed E-state index contributed by atoms with van der Waals surface area (Å²) in [4.78, 5) is 11.6. The van der Waals surface area contributed by atoms with Gasteiger partial charge in [0.15, 0.2) is 5.69 Å². The lowest BCUT2D eigenvalue weighted by molar-refractivity contribution is -0.123. The molecule has 0 saturated carbocycles. The topological polar surface area (TPSA) is 92.9 Å². The molecule has 2 N–H and O–H groups in total. The number of anilines is 1. The first-order valence-corrected chi connectivity index (χ1v) is 8.26. The van der Waals surface area contributed by atoms with Crippen LogP contribution in [0.4, 0.5) is 19.0 Å². The normalized spacial score (nSPS) is 11.3. The van der Waals surface area contributed by atoms with Gasteiger partial charge in [0, 0.05) is 17.7 Å². The van der Waals surface area contributed by atoms with Crippen molar-refractivity contribution in [3.05, 3.63) is 59.5 Å². The zero-order valence-electron chi connectivity index (χ0n) is 14.7. The fraction of sp³-hybridized carbons (Fsp3) is 0.222. The first-order chi connectivity index (χ1) is 13.3. The van der Waals surface area contributed by atoms with Crippen molar-refractivity contribution in [1.29, 1.82) is 0 Å². The molecule has 0 aliphatic rings. The van der Waals surface area contributed by atoms with Crippen LogP contribution in [0, 0.1) is 6.92 Å². The summed E-state index contributed by atoms with van der Waals surface area (Å²) < 4.78 is 41.7. The molecule has 0 atom stereocenters. The lowest BCUT2D eigenvalue weighted by atomic mass is 10.1. The smallest absolute Gasteiger partial charge is 0.364 e. The predicted molar refractivity (Wildman–Crippen MR) is 94.4 cm³/mol. The molecular weight excluding hydrogens is 375 g/mol. The minimum absolute atomic E-state index is 0.207. The molecular formula is C18H16F3N5O2. The van der Waals surface area contributed by atoms with Crippen LogP contribution < -0.4 is 10.6 Å².